The number of aryl methyl sites for hydroxylation is 2. The molecule has 1 amide bonds. The summed E-state index contributed by atoms with van der Waals surface area (Å²) in [5, 5.41) is 11.8. The lowest BCUT2D eigenvalue weighted by atomic mass is 9.94. The van der Waals surface area contributed by atoms with Crippen molar-refractivity contribution in [1.29, 1.82) is 0 Å². The van der Waals surface area contributed by atoms with E-state index in [2.05, 4.69) is 9.88 Å². The zero-order valence-corrected chi connectivity index (χ0v) is 22.4. The van der Waals surface area contributed by atoms with Crippen LogP contribution in [0.3, 0.4) is 0 Å². The molecule has 3 heterocycles. The van der Waals surface area contributed by atoms with Gasteiger partial charge in [0.25, 0.3) is 5.91 Å². The van der Waals surface area contributed by atoms with E-state index < -0.39 is 17.7 Å². The fourth-order valence-electron chi connectivity index (χ4n) is 4.99. The average molecular weight is 534 g/mol. The van der Waals surface area contributed by atoms with E-state index in [-0.39, 0.29) is 11.4 Å². The Morgan fingerprint density at radius 3 is 2.53 bits per heavy atom. The Bertz CT molecular complexity index is 1350. The number of hydrogen-bond donors (Lipinski definition) is 1. The first kappa shape index (κ1) is 26.1. The van der Waals surface area contributed by atoms with Crippen molar-refractivity contribution in [3.05, 3.63) is 87.1 Å². The highest BCUT2D eigenvalue weighted by molar-refractivity contribution is 7.14. The van der Waals surface area contributed by atoms with Crippen molar-refractivity contribution in [2.45, 2.75) is 26.3 Å². The Balaban J connectivity index is 1.46. The van der Waals surface area contributed by atoms with Gasteiger partial charge in [-0.3, -0.25) is 14.5 Å². The van der Waals surface area contributed by atoms with Crippen LogP contribution in [0.15, 0.2) is 65.9 Å². The van der Waals surface area contributed by atoms with Crippen LogP contribution in [-0.2, 0) is 9.53 Å². The highest BCUT2D eigenvalue weighted by Gasteiger charge is 2.44. The Morgan fingerprint density at radius 1 is 1.08 bits per heavy atom. The number of para-hydroxylation sites is 1. The molecule has 0 spiro atoms. The van der Waals surface area contributed by atoms with Gasteiger partial charge in [-0.25, -0.2) is 4.98 Å². The van der Waals surface area contributed by atoms with Gasteiger partial charge >= 0.3 is 0 Å². The summed E-state index contributed by atoms with van der Waals surface area (Å²) in [6, 6.07) is 16.0. The summed E-state index contributed by atoms with van der Waals surface area (Å²) in [5.74, 6) is -0.133. The number of ketones is 1. The number of Topliss-reactive ketones (excluding diaryl/α,β-unsaturated/α-hetero) is 1. The highest BCUT2D eigenvalue weighted by Crippen LogP contribution is 2.41. The van der Waals surface area contributed by atoms with Gasteiger partial charge in [0.2, 0.25) is 5.78 Å². The van der Waals surface area contributed by atoms with Gasteiger partial charge < -0.3 is 19.5 Å². The van der Waals surface area contributed by atoms with Gasteiger partial charge in [-0.2, -0.15) is 0 Å². The van der Waals surface area contributed by atoms with Crippen molar-refractivity contribution in [3.63, 3.8) is 0 Å². The Labute approximate surface area is 226 Å². The second-order valence-electron chi connectivity index (χ2n) is 9.44. The van der Waals surface area contributed by atoms with E-state index >= 15 is 0 Å². The van der Waals surface area contributed by atoms with Crippen molar-refractivity contribution < 1.29 is 24.2 Å². The molecular weight excluding hydrogens is 502 g/mol. The minimum absolute atomic E-state index is 0.0879. The summed E-state index contributed by atoms with van der Waals surface area (Å²) in [7, 11) is 0. The number of hydrogen-bond acceptors (Lipinski definition) is 8. The van der Waals surface area contributed by atoms with Gasteiger partial charge in [0.05, 0.1) is 40.4 Å². The normalized spacial score (nSPS) is 18.3. The number of amides is 1. The topological polar surface area (TPSA) is 92.2 Å². The number of benzene rings is 2. The van der Waals surface area contributed by atoms with Gasteiger partial charge in [-0.05, 0) is 50.1 Å². The van der Waals surface area contributed by atoms with E-state index in [1.54, 1.807) is 11.8 Å². The molecule has 1 saturated heterocycles. The van der Waals surface area contributed by atoms with Gasteiger partial charge in [-0.15, -0.1) is 11.3 Å². The minimum Gasteiger partial charge on any atom is -0.503 e. The van der Waals surface area contributed by atoms with Crippen molar-refractivity contribution in [2.75, 3.05) is 39.4 Å². The molecule has 1 unspecified atom stereocenters. The van der Waals surface area contributed by atoms with E-state index in [0.29, 0.717) is 53.8 Å². The van der Waals surface area contributed by atoms with E-state index in [0.717, 1.165) is 24.6 Å². The number of ether oxygens (including phenoxy) is 2. The molecule has 2 aliphatic rings. The van der Waals surface area contributed by atoms with Crippen LogP contribution >= 0.6 is 11.3 Å². The number of carbonyl (C=O) groups is 2. The Hall–Kier alpha value is -3.53. The monoisotopic (exact) mass is 533 g/mol. The first-order valence-electron chi connectivity index (χ1n) is 12.8. The third-order valence-electron chi connectivity index (χ3n) is 6.79. The summed E-state index contributed by atoms with van der Waals surface area (Å²) in [4.78, 5) is 35.9. The largest absolute Gasteiger partial charge is 0.503 e. The highest BCUT2D eigenvalue weighted by atomic mass is 32.1. The van der Waals surface area contributed by atoms with Crippen LogP contribution < -0.4 is 4.74 Å². The van der Waals surface area contributed by atoms with Crippen molar-refractivity contribution >= 4 is 23.0 Å². The molecule has 0 radical (unpaired) electrons. The SMILES string of the molecule is Cc1nc(C)c(C(=O)C2=C(O)C(=O)N(CCCN3CCOCC3)C2c2cccc(Oc3ccccc3)c2)s1. The molecule has 1 N–H and O–H groups in total. The van der Waals surface area contributed by atoms with Crippen LogP contribution in [0.1, 0.15) is 38.4 Å². The van der Waals surface area contributed by atoms with Gasteiger partial charge in [0.15, 0.2) is 5.76 Å². The quantitative estimate of drug-likeness (QED) is 0.393. The zero-order chi connectivity index (χ0) is 26.6. The third kappa shape index (κ3) is 5.50. The molecule has 1 fully saturated rings. The van der Waals surface area contributed by atoms with Crippen LogP contribution in [0.2, 0.25) is 0 Å². The number of aliphatic hydroxyl groups excluding tert-OH is 1. The molecule has 2 aromatic carbocycles. The van der Waals surface area contributed by atoms with Crippen LogP contribution in [0, 0.1) is 13.8 Å². The second kappa shape index (κ2) is 11.5. The molecule has 5 rings (SSSR count). The zero-order valence-electron chi connectivity index (χ0n) is 21.6. The number of aliphatic hydroxyl groups is 1. The lowest BCUT2D eigenvalue weighted by molar-refractivity contribution is -0.129. The van der Waals surface area contributed by atoms with Crippen LogP contribution in [0.25, 0.3) is 0 Å². The Morgan fingerprint density at radius 2 is 1.82 bits per heavy atom. The van der Waals surface area contributed by atoms with Crippen LogP contribution in [0.5, 0.6) is 11.5 Å². The maximum atomic E-state index is 13.8. The summed E-state index contributed by atoms with van der Waals surface area (Å²) < 4.78 is 11.5. The molecule has 0 saturated carbocycles. The predicted molar refractivity (Wildman–Crippen MR) is 145 cm³/mol. The fraction of sp³-hybridized carbons (Fsp3) is 0.345. The number of carbonyl (C=O) groups excluding carboxylic acids is 2. The van der Waals surface area contributed by atoms with Crippen LogP contribution in [-0.4, -0.2) is 71.0 Å². The van der Waals surface area contributed by atoms with Crippen LogP contribution in [0.4, 0.5) is 0 Å². The lowest BCUT2D eigenvalue weighted by Gasteiger charge is -2.30. The standard InChI is InChI=1S/C29H31N3O5S/c1-19-28(38-20(2)30-19)26(33)24-25(21-8-6-11-23(18-21)37-22-9-4-3-5-10-22)32(29(35)27(24)34)13-7-12-31-14-16-36-17-15-31/h3-6,8-11,18,25,34H,7,12-17H2,1-2H3. The summed E-state index contributed by atoms with van der Waals surface area (Å²) in [5.41, 5.74) is 1.38. The average Bonchev–Trinajstić information content (AvgIpc) is 3.40. The van der Waals surface area contributed by atoms with E-state index in [4.69, 9.17) is 9.47 Å². The summed E-state index contributed by atoms with van der Waals surface area (Å²) in [6.07, 6.45) is 0.704. The number of aromatic nitrogens is 1. The van der Waals surface area contributed by atoms with E-state index in [9.17, 15) is 14.7 Å². The molecule has 0 aliphatic carbocycles. The first-order valence-corrected chi connectivity index (χ1v) is 13.6. The number of morpholine rings is 1. The molecule has 1 atom stereocenters. The van der Waals surface area contributed by atoms with Gasteiger partial charge in [0.1, 0.15) is 11.5 Å². The smallest absolute Gasteiger partial charge is 0.290 e. The van der Waals surface area contributed by atoms with Crippen molar-refractivity contribution in [2.24, 2.45) is 0 Å². The molecule has 38 heavy (non-hydrogen) atoms. The molecule has 3 aromatic rings. The maximum absolute atomic E-state index is 13.8. The van der Waals surface area contributed by atoms with Gasteiger partial charge in [-0.1, -0.05) is 30.3 Å². The number of nitrogens with zero attached hydrogens (tertiary/aromatic N) is 3. The molecule has 0 bridgehead atoms. The minimum atomic E-state index is -0.735. The third-order valence-corrected chi connectivity index (χ3v) is 7.86. The van der Waals surface area contributed by atoms with E-state index in [1.165, 1.54) is 11.3 Å². The lowest BCUT2D eigenvalue weighted by Crippen LogP contribution is -2.39. The maximum Gasteiger partial charge on any atom is 0.290 e. The van der Waals surface area contributed by atoms with Crippen molar-refractivity contribution in [3.8, 4) is 11.5 Å². The fourth-order valence-corrected chi connectivity index (χ4v) is 5.86. The van der Waals surface area contributed by atoms with E-state index in [1.807, 2.05) is 61.5 Å². The molecule has 198 valence electrons. The van der Waals surface area contributed by atoms with Gasteiger partial charge in [0, 0.05) is 26.2 Å². The molecular formula is C29H31N3O5S. The molecule has 2 aliphatic heterocycles. The Kier molecular flexibility index (Phi) is 7.87. The molecule has 1 aromatic heterocycles. The molecule has 9 heteroatoms. The second-order valence-corrected chi connectivity index (χ2v) is 10.6. The predicted octanol–water partition coefficient (Wildman–Crippen LogP) is 4.85. The summed E-state index contributed by atoms with van der Waals surface area (Å²) >= 11 is 1.27. The number of thiazole rings is 1. The number of rotatable bonds is 9. The summed E-state index contributed by atoms with van der Waals surface area (Å²) in [6.45, 7) is 7.92. The van der Waals surface area contributed by atoms with Crippen molar-refractivity contribution in [1.82, 2.24) is 14.8 Å². The molecule has 8 nitrogen and oxygen atoms in total. The first-order chi connectivity index (χ1) is 18.4.